The van der Waals surface area contributed by atoms with E-state index in [1.54, 1.807) is 31.2 Å². The molecule has 4 rings (SSSR count). The number of hydrogen-bond acceptors (Lipinski definition) is 5. The molecule has 1 aliphatic rings. The Bertz CT molecular complexity index is 1510. The molecule has 1 atom stereocenters. The number of hydrazone groups is 1. The SMILES string of the molecule is C/C(=N\S(=O)(=O)c1ccc(Cl)cc1)N1CC(OC/C=C/C(=O)O)(c2ccccc2)C(c2ccc(Cl)cc2)=N1. The van der Waals surface area contributed by atoms with Crippen LogP contribution < -0.4 is 0 Å². The number of nitrogens with zero attached hydrogens (tertiary/aromatic N) is 3. The van der Waals surface area contributed by atoms with E-state index in [9.17, 15) is 13.2 Å². The Morgan fingerprint density at radius 1 is 1.05 bits per heavy atom. The van der Waals surface area contributed by atoms with E-state index in [4.69, 9.17) is 38.1 Å². The zero-order valence-corrected chi connectivity index (χ0v) is 22.5. The molecule has 1 unspecified atom stereocenters. The maximum absolute atomic E-state index is 13.0. The molecule has 0 aliphatic carbocycles. The molecular formula is C27H23Cl2N3O5S. The molecule has 38 heavy (non-hydrogen) atoms. The van der Waals surface area contributed by atoms with Crippen LogP contribution in [0.3, 0.4) is 0 Å². The largest absolute Gasteiger partial charge is 0.478 e. The highest BCUT2D eigenvalue weighted by Crippen LogP contribution is 2.37. The number of halogens is 2. The van der Waals surface area contributed by atoms with Crippen molar-refractivity contribution in [3.63, 3.8) is 0 Å². The number of hydrogen-bond donors (Lipinski definition) is 1. The fourth-order valence-electron chi connectivity index (χ4n) is 3.96. The number of sulfonamides is 1. The molecule has 8 nitrogen and oxygen atoms in total. The summed E-state index contributed by atoms with van der Waals surface area (Å²) in [7, 11) is -4.05. The van der Waals surface area contributed by atoms with E-state index in [0.717, 1.165) is 11.6 Å². The summed E-state index contributed by atoms with van der Waals surface area (Å²) in [6, 6.07) is 22.0. The zero-order chi connectivity index (χ0) is 27.3. The average Bonchev–Trinajstić information content (AvgIpc) is 3.28. The third-order valence-electron chi connectivity index (χ3n) is 5.76. The van der Waals surface area contributed by atoms with Crippen molar-refractivity contribution >= 4 is 50.7 Å². The highest BCUT2D eigenvalue weighted by molar-refractivity contribution is 7.90. The normalized spacial score (nSPS) is 18.1. The molecule has 0 spiro atoms. The zero-order valence-electron chi connectivity index (χ0n) is 20.2. The van der Waals surface area contributed by atoms with Gasteiger partial charge in [-0.25, -0.2) is 9.80 Å². The molecule has 0 saturated heterocycles. The minimum absolute atomic E-state index is 0.00766. The summed E-state index contributed by atoms with van der Waals surface area (Å²) >= 11 is 12.0. The van der Waals surface area contributed by atoms with Gasteiger partial charge in [0.2, 0.25) is 0 Å². The van der Waals surface area contributed by atoms with E-state index in [0.29, 0.717) is 21.3 Å². The number of aliphatic carboxylic acids is 1. The second kappa shape index (κ2) is 11.5. The lowest BCUT2D eigenvalue weighted by Gasteiger charge is -2.31. The quantitative estimate of drug-likeness (QED) is 0.221. The van der Waals surface area contributed by atoms with Crippen LogP contribution in [0.1, 0.15) is 18.1 Å². The van der Waals surface area contributed by atoms with Gasteiger partial charge in [0.25, 0.3) is 10.0 Å². The van der Waals surface area contributed by atoms with Crippen LogP contribution in [0.15, 0.2) is 105 Å². The molecule has 0 radical (unpaired) electrons. The molecule has 3 aromatic rings. The summed E-state index contributed by atoms with van der Waals surface area (Å²) in [5, 5.41) is 16.2. The third kappa shape index (κ3) is 6.14. The first kappa shape index (κ1) is 27.5. The van der Waals surface area contributed by atoms with Gasteiger partial charge < -0.3 is 9.84 Å². The van der Waals surface area contributed by atoms with Gasteiger partial charge in [-0.2, -0.15) is 13.5 Å². The van der Waals surface area contributed by atoms with Gasteiger partial charge in [0.1, 0.15) is 11.5 Å². The molecule has 1 N–H and O–H groups in total. The maximum atomic E-state index is 13.0. The predicted octanol–water partition coefficient (Wildman–Crippen LogP) is 5.37. The van der Waals surface area contributed by atoms with Gasteiger partial charge in [0.05, 0.1) is 18.0 Å². The monoisotopic (exact) mass is 571 g/mol. The molecular weight excluding hydrogens is 549 g/mol. The van der Waals surface area contributed by atoms with Crippen molar-refractivity contribution in [2.45, 2.75) is 17.4 Å². The first-order valence-electron chi connectivity index (χ1n) is 11.4. The van der Waals surface area contributed by atoms with Gasteiger partial charge in [-0.05, 0) is 48.9 Å². The second-order valence-corrected chi connectivity index (χ2v) is 10.8. The Labute approximate surface area is 230 Å². The number of carboxylic acid groups (broad SMARTS) is 1. The number of carbonyl (C=O) groups is 1. The number of amidine groups is 1. The Balaban J connectivity index is 1.80. The smallest absolute Gasteiger partial charge is 0.328 e. The van der Waals surface area contributed by atoms with Gasteiger partial charge in [0.15, 0.2) is 5.60 Å². The summed E-state index contributed by atoms with van der Waals surface area (Å²) in [6.07, 6.45) is 2.39. The van der Waals surface area contributed by atoms with Crippen LogP contribution in [0.5, 0.6) is 0 Å². The summed E-state index contributed by atoms with van der Waals surface area (Å²) < 4.78 is 36.3. The van der Waals surface area contributed by atoms with Crippen molar-refractivity contribution in [2.75, 3.05) is 13.2 Å². The summed E-state index contributed by atoms with van der Waals surface area (Å²) in [6.45, 7) is 1.59. The fraction of sp³-hybridized carbons (Fsp3) is 0.148. The van der Waals surface area contributed by atoms with Crippen molar-refractivity contribution in [1.82, 2.24) is 5.01 Å². The van der Waals surface area contributed by atoms with Gasteiger partial charge in [0, 0.05) is 21.7 Å². The number of carboxylic acids is 1. The van der Waals surface area contributed by atoms with Gasteiger partial charge in [-0.3, -0.25) is 0 Å². The van der Waals surface area contributed by atoms with E-state index in [1.807, 2.05) is 30.3 Å². The van der Waals surface area contributed by atoms with E-state index in [1.165, 1.54) is 35.4 Å². The molecule has 11 heteroatoms. The highest BCUT2D eigenvalue weighted by Gasteiger charge is 2.47. The van der Waals surface area contributed by atoms with E-state index in [2.05, 4.69) is 4.40 Å². The van der Waals surface area contributed by atoms with Crippen LogP contribution in [-0.2, 0) is 25.2 Å². The molecule has 0 amide bonds. The minimum atomic E-state index is -4.05. The Kier molecular flexibility index (Phi) is 8.32. The standard InChI is InChI=1S/C27H23Cl2N3O5S/c1-19(31-38(35,36)24-15-13-23(29)14-16-24)32-18-27(21-6-3-2-4-7-21,37-17-5-8-25(33)34)26(30-32)20-9-11-22(28)12-10-20/h2-16H,17-18H2,1H3,(H,33,34)/b8-5+,31-19+. The third-order valence-corrected chi connectivity index (χ3v) is 7.63. The van der Waals surface area contributed by atoms with Gasteiger partial charge in [-0.15, -0.1) is 4.40 Å². The molecule has 0 bridgehead atoms. The molecule has 3 aromatic carbocycles. The predicted molar refractivity (Wildman–Crippen MR) is 147 cm³/mol. The number of benzene rings is 3. The highest BCUT2D eigenvalue weighted by atomic mass is 35.5. The lowest BCUT2D eigenvalue weighted by Crippen LogP contribution is -2.42. The van der Waals surface area contributed by atoms with Gasteiger partial charge in [-0.1, -0.05) is 71.7 Å². The summed E-state index contributed by atoms with van der Waals surface area (Å²) in [4.78, 5) is 11.0. The number of rotatable bonds is 8. The molecule has 1 aliphatic heterocycles. The lowest BCUT2D eigenvalue weighted by molar-refractivity contribution is -0.131. The molecule has 196 valence electrons. The molecule has 0 saturated carbocycles. The van der Waals surface area contributed by atoms with E-state index in [-0.39, 0.29) is 23.9 Å². The van der Waals surface area contributed by atoms with E-state index >= 15 is 0 Å². The summed E-state index contributed by atoms with van der Waals surface area (Å²) in [5.41, 5.74) is 0.741. The molecule has 0 fully saturated rings. The Hall–Kier alpha value is -3.50. The van der Waals surface area contributed by atoms with Crippen LogP contribution >= 0.6 is 23.2 Å². The van der Waals surface area contributed by atoms with Crippen LogP contribution in [0, 0.1) is 0 Å². The fourth-order valence-corrected chi connectivity index (χ4v) is 5.24. The Morgan fingerprint density at radius 2 is 1.66 bits per heavy atom. The second-order valence-electron chi connectivity index (χ2n) is 8.33. The van der Waals surface area contributed by atoms with Crippen molar-refractivity contribution in [3.05, 3.63) is 112 Å². The van der Waals surface area contributed by atoms with E-state index < -0.39 is 21.6 Å². The first-order chi connectivity index (χ1) is 18.1. The van der Waals surface area contributed by atoms with Crippen LogP contribution in [-0.4, -0.2) is 49.2 Å². The van der Waals surface area contributed by atoms with Crippen molar-refractivity contribution in [2.24, 2.45) is 9.50 Å². The number of ether oxygens (including phenoxy) is 1. The van der Waals surface area contributed by atoms with Crippen LogP contribution in [0.4, 0.5) is 0 Å². The first-order valence-corrected chi connectivity index (χ1v) is 13.6. The van der Waals surface area contributed by atoms with Crippen molar-refractivity contribution in [3.8, 4) is 0 Å². The van der Waals surface area contributed by atoms with Gasteiger partial charge >= 0.3 is 5.97 Å². The molecule has 0 aromatic heterocycles. The molecule has 1 heterocycles. The average molecular weight is 572 g/mol. The van der Waals surface area contributed by atoms with Crippen molar-refractivity contribution in [1.29, 1.82) is 0 Å². The van der Waals surface area contributed by atoms with Crippen LogP contribution in [0.25, 0.3) is 0 Å². The topological polar surface area (TPSA) is 109 Å². The van der Waals surface area contributed by atoms with Crippen molar-refractivity contribution < 1.29 is 23.1 Å². The maximum Gasteiger partial charge on any atom is 0.328 e. The minimum Gasteiger partial charge on any atom is -0.478 e. The Morgan fingerprint density at radius 3 is 2.26 bits per heavy atom. The summed E-state index contributed by atoms with van der Waals surface area (Å²) in [5.74, 6) is -0.980. The van der Waals surface area contributed by atoms with Crippen LogP contribution in [0.2, 0.25) is 10.0 Å². The lowest BCUT2D eigenvalue weighted by atomic mass is 9.85.